The maximum Gasteiger partial charge on any atom is 0.266 e. The molecular weight excluding hydrogens is 493 g/mol. The fraction of sp³-hybridized carbons (Fsp3) is 0.962. The van der Waals surface area contributed by atoms with Crippen molar-refractivity contribution in [3.8, 4) is 0 Å². The van der Waals surface area contributed by atoms with Crippen LogP contribution in [0.3, 0.4) is 0 Å². The molecule has 203 valence electrons. The maximum atomic E-state index is 12.2. The van der Waals surface area contributed by atoms with E-state index in [0.717, 1.165) is 38.5 Å². The van der Waals surface area contributed by atoms with Gasteiger partial charge in [0.25, 0.3) is 10.1 Å². The minimum atomic E-state index is -4.10. The van der Waals surface area contributed by atoms with Gasteiger partial charge in [-0.2, -0.15) is 8.42 Å². The molecule has 1 amide bonds. The first kappa shape index (κ1) is 30.8. The maximum absolute atomic E-state index is 12.2. The zero-order valence-electron chi connectivity index (χ0n) is 22.4. The summed E-state index contributed by atoms with van der Waals surface area (Å²) in [7, 11) is -4.10. The fourth-order valence-corrected chi connectivity index (χ4v) is 9.46. The molecule has 0 aromatic heterocycles. The molecule has 0 aromatic carbocycles. The molecule has 0 bridgehead atoms. The van der Waals surface area contributed by atoms with Crippen LogP contribution in [-0.4, -0.2) is 94.4 Å². The Morgan fingerprint density at radius 3 is 2.42 bits per heavy atom. The summed E-state index contributed by atoms with van der Waals surface area (Å²) in [6.07, 6.45) is 5.67. The first-order valence-electron chi connectivity index (χ1n) is 13.5. The minimum Gasteiger partial charge on any atom is -0.393 e. The second kappa shape index (κ2) is 11.4. The summed E-state index contributed by atoms with van der Waals surface area (Å²) in [6.45, 7) is 6.56. The Labute approximate surface area is 238 Å². The Morgan fingerprint density at radius 2 is 1.75 bits per heavy atom. The molecule has 1 radical (unpaired) electrons. The Balaban J connectivity index is 0.00000361. The van der Waals surface area contributed by atoms with Crippen molar-refractivity contribution in [1.82, 2.24) is 5.32 Å². The molecule has 36 heavy (non-hydrogen) atoms. The first-order valence-corrected chi connectivity index (χ1v) is 15.1. The van der Waals surface area contributed by atoms with Crippen molar-refractivity contribution in [2.45, 2.75) is 96.9 Å². The molecular formula is C26H45NNaO7S. The van der Waals surface area contributed by atoms with Gasteiger partial charge in [0, 0.05) is 42.5 Å². The Hall–Kier alpha value is 0.260. The van der Waals surface area contributed by atoms with E-state index in [2.05, 4.69) is 26.1 Å². The molecule has 5 N–H and O–H groups in total. The molecule has 11 atom stereocenters. The topological polar surface area (TPSA) is 144 Å². The summed E-state index contributed by atoms with van der Waals surface area (Å²) in [5, 5.41) is 35.8. The van der Waals surface area contributed by atoms with Gasteiger partial charge in [0.1, 0.15) is 0 Å². The van der Waals surface area contributed by atoms with E-state index in [4.69, 9.17) is 4.55 Å². The van der Waals surface area contributed by atoms with Gasteiger partial charge in [-0.15, -0.1) is 0 Å². The summed E-state index contributed by atoms with van der Waals surface area (Å²) in [5.74, 6) is 0.705. The van der Waals surface area contributed by atoms with Gasteiger partial charge in [0.05, 0.1) is 24.1 Å². The van der Waals surface area contributed by atoms with E-state index < -0.39 is 28.1 Å². The molecule has 0 aromatic rings. The molecule has 4 fully saturated rings. The first-order chi connectivity index (χ1) is 16.3. The van der Waals surface area contributed by atoms with E-state index in [1.54, 1.807) is 0 Å². The molecule has 4 rings (SSSR count). The third-order valence-electron chi connectivity index (χ3n) is 11.0. The van der Waals surface area contributed by atoms with E-state index in [1.807, 2.05) is 0 Å². The monoisotopic (exact) mass is 538 g/mol. The molecule has 4 saturated carbocycles. The molecule has 0 spiro atoms. The van der Waals surface area contributed by atoms with Crippen LogP contribution in [0.5, 0.6) is 0 Å². The van der Waals surface area contributed by atoms with Crippen molar-refractivity contribution < 1.29 is 33.1 Å². The van der Waals surface area contributed by atoms with Crippen molar-refractivity contribution in [1.29, 1.82) is 0 Å². The van der Waals surface area contributed by atoms with E-state index in [1.165, 1.54) is 0 Å². The van der Waals surface area contributed by atoms with Crippen LogP contribution in [0.2, 0.25) is 0 Å². The predicted octanol–water partition coefficient (Wildman–Crippen LogP) is 1.99. The van der Waals surface area contributed by atoms with Gasteiger partial charge >= 0.3 is 0 Å². The van der Waals surface area contributed by atoms with Crippen LogP contribution in [0.4, 0.5) is 0 Å². The number of hydrogen-bond acceptors (Lipinski definition) is 6. The molecule has 11 unspecified atom stereocenters. The average Bonchev–Trinajstić information content (AvgIpc) is 3.12. The molecule has 4 aliphatic rings. The zero-order chi connectivity index (χ0) is 25.8. The Kier molecular flexibility index (Phi) is 9.75. The van der Waals surface area contributed by atoms with E-state index in [9.17, 15) is 28.5 Å². The summed E-state index contributed by atoms with van der Waals surface area (Å²) in [6, 6.07) is 0. The third kappa shape index (κ3) is 5.74. The number of nitrogens with one attached hydrogen (secondary N) is 1. The number of fused-ring (bicyclic) bond motifs is 5. The summed E-state index contributed by atoms with van der Waals surface area (Å²) in [5.41, 5.74) is -0.254. The van der Waals surface area contributed by atoms with Gasteiger partial charge in [-0.3, -0.25) is 9.35 Å². The van der Waals surface area contributed by atoms with Gasteiger partial charge in [0.15, 0.2) is 0 Å². The standard InChI is InChI=1S/C26H45NO7S.Na/c1-15(4-7-23(31)27-10-11-35(32,33)34)18-5-6-19-24-20(14-22(30)26(18,19)3)25(2)9-8-17(28)12-16(25)13-21(24)29;/h15-22,24,28-30H,4-14H2,1-3H3,(H,27,31)(H,32,33,34);. The van der Waals surface area contributed by atoms with Crippen LogP contribution in [-0.2, 0) is 14.9 Å². The van der Waals surface area contributed by atoms with Crippen LogP contribution >= 0.6 is 0 Å². The van der Waals surface area contributed by atoms with Crippen LogP contribution in [0.1, 0.15) is 78.6 Å². The quantitative estimate of drug-likeness (QED) is 0.246. The van der Waals surface area contributed by atoms with Crippen molar-refractivity contribution in [2.24, 2.45) is 46.3 Å². The smallest absolute Gasteiger partial charge is 0.266 e. The Morgan fingerprint density at radius 1 is 1.06 bits per heavy atom. The number of carbonyl (C=O) groups is 1. The van der Waals surface area contributed by atoms with Gasteiger partial charge < -0.3 is 20.6 Å². The van der Waals surface area contributed by atoms with Crippen molar-refractivity contribution in [3.63, 3.8) is 0 Å². The molecule has 8 nitrogen and oxygen atoms in total. The van der Waals surface area contributed by atoms with Crippen LogP contribution in [0, 0.1) is 46.3 Å². The van der Waals surface area contributed by atoms with Gasteiger partial charge in [0.2, 0.25) is 5.91 Å². The second-order valence-electron chi connectivity index (χ2n) is 12.7. The third-order valence-corrected chi connectivity index (χ3v) is 11.7. The SMILES string of the molecule is CC(CCC(=O)NCCS(=O)(=O)O)C1CCC2C3C(O)CC4CC(O)CCC4(C)C3CC(O)C12C.[Na]. The number of aliphatic hydroxyl groups excluding tert-OH is 3. The number of rotatable bonds is 7. The van der Waals surface area contributed by atoms with E-state index in [0.29, 0.717) is 18.8 Å². The summed E-state index contributed by atoms with van der Waals surface area (Å²) < 4.78 is 30.5. The normalized spacial score (nSPS) is 45.0. The molecule has 0 heterocycles. The van der Waals surface area contributed by atoms with Gasteiger partial charge in [-0.1, -0.05) is 20.8 Å². The van der Waals surface area contributed by atoms with Crippen molar-refractivity contribution in [3.05, 3.63) is 0 Å². The molecule has 0 saturated heterocycles. The van der Waals surface area contributed by atoms with Crippen LogP contribution in [0.15, 0.2) is 0 Å². The largest absolute Gasteiger partial charge is 0.393 e. The average molecular weight is 539 g/mol. The summed E-state index contributed by atoms with van der Waals surface area (Å²) in [4.78, 5) is 12.2. The van der Waals surface area contributed by atoms with E-state index in [-0.39, 0.29) is 95.0 Å². The van der Waals surface area contributed by atoms with Crippen molar-refractivity contribution >= 4 is 45.6 Å². The number of aliphatic hydroxyl groups is 3. The second-order valence-corrected chi connectivity index (χ2v) is 14.2. The summed E-state index contributed by atoms with van der Waals surface area (Å²) >= 11 is 0. The van der Waals surface area contributed by atoms with Crippen LogP contribution in [0.25, 0.3) is 0 Å². The molecule has 0 aliphatic heterocycles. The van der Waals surface area contributed by atoms with Gasteiger partial charge in [-0.05, 0) is 97.7 Å². The number of amides is 1. The molecule has 4 aliphatic carbocycles. The number of carbonyl (C=O) groups excluding carboxylic acids is 1. The number of hydrogen-bond donors (Lipinski definition) is 5. The fourth-order valence-electron chi connectivity index (χ4n) is 9.10. The van der Waals surface area contributed by atoms with Crippen LogP contribution < -0.4 is 5.32 Å². The minimum absolute atomic E-state index is 0. The van der Waals surface area contributed by atoms with E-state index >= 15 is 0 Å². The molecule has 10 heteroatoms. The zero-order valence-corrected chi connectivity index (χ0v) is 25.2. The predicted molar refractivity (Wildman–Crippen MR) is 138 cm³/mol. The van der Waals surface area contributed by atoms with Crippen molar-refractivity contribution in [2.75, 3.05) is 12.3 Å². The van der Waals surface area contributed by atoms with Gasteiger partial charge in [-0.25, -0.2) is 0 Å². The Bertz CT molecular complexity index is 903.